The van der Waals surface area contributed by atoms with Gasteiger partial charge in [0, 0.05) is 6.08 Å². The maximum atomic E-state index is 11.5. The van der Waals surface area contributed by atoms with Gasteiger partial charge in [-0.3, -0.25) is 4.79 Å². The Morgan fingerprint density at radius 2 is 2.28 bits per heavy atom. The summed E-state index contributed by atoms with van der Waals surface area (Å²) in [6.45, 7) is 1.86. The van der Waals surface area contributed by atoms with E-state index < -0.39 is 17.9 Å². The fourth-order valence-electron chi connectivity index (χ4n) is 1.34. The predicted molar refractivity (Wildman–Crippen MR) is 69.9 cm³/mol. The van der Waals surface area contributed by atoms with Gasteiger partial charge in [-0.1, -0.05) is 13.3 Å². The van der Waals surface area contributed by atoms with Crippen LogP contribution in [0.25, 0.3) is 6.08 Å². The Bertz CT molecular complexity index is 453. The molecule has 0 unspecified atom stereocenters. The third kappa shape index (κ3) is 4.75. The number of furan rings is 1. The van der Waals surface area contributed by atoms with E-state index in [4.69, 9.17) is 9.52 Å². The predicted octanol–water partition coefficient (Wildman–Crippen LogP) is 2.42. The highest BCUT2D eigenvalue weighted by Crippen LogP contribution is 2.14. The number of rotatable bonds is 6. The molecule has 5 nitrogen and oxygen atoms in total. The number of nitrogens with one attached hydrogen (secondary N) is 1. The summed E-state index contributed by atoms with van der Waals surface area (Å²) in [6.07, 6.45) is 3.81. The van der Waals surface area contributed by atoms with E-state index in [2.05, 4.69) is 21.2 Å². The van der Waals surface area contributed by atoms with E-state index in [1.54, 1.807) is 12.1 Å². The molecule has 0 saturated heterocycles. The van der Waals surface area contributed by atoms with E-state index in [-0.39, 0.29) is 0 Å². The van der Waals surface area contributed by atoms with Crippen LogP contribution in [0, 0.1) is 0 Å². The van der Waals surface area contributed by atoms with E-state index in [0.717, 1.165) is 0 Å². The SMILES string of the molecule is CCC[C@@H](NC(=O)/C=C/c1ccc(Br)o1)C(=O)O. The number of aliphatic carboxylic acids is 1. The molecule has 2 N–H and O–H groups in total. The largest absolute Gasteiger partial charge is 0.480 e. The lowest BCUT2D eigenvalue weighted by atomic mass is 10.1. The Hall–Kier alpha value is -1.56. The first-order valence-electron chi connectivity index (χ1n) is 5.49. The topological polar surface area (TPSA) is 79.5 Å². The number of hydrogen-bond acceptors (Lipinski definition) is 3. The highest BCUT2D eigenvalue weighted by atomic mass is 79.9. The molecule has 1 aromatic heterocycles. The van der Waals surface area contributed by atoms with Gasteiger partial charge in [0.25, 0.3) is 0 Å². The van der Waals surface area contributed by atoms with Crippen LogP contribution in [-0.2, 0) is 9.59 Å². The quantitative estimate of drug-likeness (QED) is 0.790. The van der Waals surface area contributed by atoms with Gasteiger partial charge in [0.1, 0.15) is 11.8 Å². The highest BCUT2D eigenvalue weighted by Gasteiger charge is 2.17. The first-order chi connectivity index (χ1) is 8.52. The van der Waals surface area contributed by atoms with E-state index >= 15 is 0 Å². The lowest BCUT2D eigenvalue weighted by Gasteiger charge is -2.11. The van der Waals surface area contributed by atoms with Crippen LogP contribution in [0.4, 0.5) is 0 Å². The highest BCUT2D eigenvalue weighted by molar-refractivity contribution is 9.10. The van der Waals surface area contributed by atoms with Crippen LogP contribution in [0.5, 0.6) is 0 Å². The number of hydrogen-bond donors (Lipinski definition) is 2. The van der Waals surface area contributed by atoms with Gasteiger partial charge in [-0.2, -0.15) is 0 Å². The molecule has 0 bridgehead atoms. The van der Waals surface area contributed by atoms with Crippen molar-refractivity contribution in [1.29, 1.82) is 0 Å². The molecule has 0 saturated carbocycles. The van der Waals surface area contributed by atoms with Crippen molar-refractivity contribution in [1.82, 2.24) is 5.32 Å². The zero-order valence-electron chi connectivity index (χ0n) is 9.85. The molecule has 18 heavy (non-hydrogen) atoms. The Kier molecular flexibility index (Phi) is 5.64. The summed E-state index contributed by atoms with van der Waals surface area (Å²) in [5.41, 5.74) is 0. The lowest BCUT2D eigenvalue weighted by molar-refractivity contribution is -0.141. The van der Waals surface area contributed by atoms with Crippen LogP contribution in [0.2, 0.25) is 0 Å². The Balaban J connectivity index is 2.54. The molecule has 98 valence electrons. The van der Waals surface area contributed by atoms with Gasteiger partial charge in [-0.15, -0.1) is 0 Å². The van der Waals surface area contributed by atoms with Crippen LogP contribution >= 0.6 is 15.9 Å². The summed E-state index contributed by atoms with van der Waals surface area (Å²) in [6, 6.07) is 2.54. The fraction of sp³-hybridized carbons (Fsp3) is 0.333. The Morgan fingerprint density at radius 1 is 1.56 bits per heavy atom. The molecule has 0 aliphatic carbocycles. The van der Waals surface area contributed by atoms with Crippen molar-refractivity contribution >= 4 is 33.9 Å². The summed E-state index contributed by atoms with van der Waals surface area (Å²) in [7, 11) is 0. The third-order valence-electron chi connectivity index (χ3n) is 2.18. The van der Waals surface area contributed by atoms with Crippen LogP contribution in [0.1, 0.15) is 25.5 Å². The average molecular weight is 316 g/mol. The molecule has 1 atom stereocenters. The zero-order chi connectivity index (χ0) is 13.5. The minimum absolute atomic E-state index is 0.404. The Labute approximate surface area is 113 Å². The number of carboxylic acids is 1. The number of carboxylic acid groups (broad SMARTS) is 1. The summed E-state index contributed by atoms with van der Waals surface area (Å²) in [5.74, 6) is -0.970. The van der Waals surface area contributed by atoms with Crippen molar-refractivity contribution in [3.8, 4) is 0 Å². The molecule has 6 heteroatoms. The maximum Gasteiger partial charge on any atom is 0.326 e. The molecule has 0 fully saturated rings. The third-order valence-corrected chi connectivity index (χ3v) is 2.61. The smallest absolute Gasteiger partial charge is 0.326 e. The standard InChI is InChI=1S/C12H14BrNO4/c1-2-3-9(12(16)17)14-11(15)7-5-8-4-6-10(13)18-8/h4-7,9H,2-3H2,1H3,(H,14,15)(H,16,17)/b7-5+/t9-/m1/s1. The minimum atomic E-state index is -1.03. The van der Waals surface area contributed by atoms with E-state index in [1.165, 1.54) is 12.2 Å². The van der Waals surface area contributed by atoms with E-state index in [0.29, 0.717) is 23.3 Å². The van der Waals surface area contributed by atoms with Gasteiger partial charge >= 0.3 is 5.97 Å². The normalized spacial score (nSPS) is 12.6. The van der Waals surface area contributed by atoms with Gasteiger partial charge in [-0.05, 0) is 40.6 Å². The van der Waals surface area contributed by atoms with Crippen LogP contribution < -0.4 is 5.32 Å². The average Bonchev–Trinajstić information content (AvgIpc) is 2.72. The second kappa shape index (κ2) is 7.00. The summed E-state index contributed by atoms with van der Waals surface area (Å²) in [4.78, 5) is 22.3. The van der Waals surface area contributed by atoms with Crippen molar-refractivity contribution in [2.45, 2.75) is 25.8 Å². The van der Waals surface area contributed by atoms with Gasteiger partial charge in [0.15, 0.2) is 4.67 Å². The lowest BCUT2D eigenvalue weighted by Crippen LogP contribution is -2.39. The summed E-state index contributed by atoms with van der Waals surface area (Å²) < 4.78 is 5.73. The van der Waals surface area contributed by atoms with E-state index in [9.17, 15) is 9.59 Å². The molecular weight excluding hydrogens is 302 g/mol. The second-order valence-corrected chi connectivity index (χ2v) is 4.44. The molecule has 1 rings (SSSR count). The maximum absolute atomic E-state index is 11.5. The van der Waals surface area contributed by atoms with Crippen LogP contribution in [0.15, 0.2) is 27.3 Å². The minimum Gasteiger partial charge on any atom is -0.480 e. The van der Waals surface area contributed by atoms with Crippen LogP contribution in [0.3, 0.4) is 0 Å². The molecule has 0 aliphatic heterocycles. The number of amides is 1. The van der Waals surface area contributed by atoms with Crippen molar-refractivity contribution in [3.05, 3.63) is 28.6 Å². The molecule has 0 spiro atoms. The van der Waals surface area contributed by atoms with Crippen molar-refractivity contribution in [3.63, 3.8) is 0 Å². The molecule has 1 aromatic rings. The van der Waals surface area contributed by atoms with Crippen molar-refractivity contribution in [2.75, 3.05) is 0 Å². The fourth-order valence-corrected chi connectivity index (χ4v) is 1.66. The van der Waals surface area contributed by atoms with Crippen molar-refractivity contribution in [2.24, 2.45) is 0 Å². The molecule has 1 heterocycles. The monoisotopic (exact) mass is 315 g/mol. The van der Waals surface area contributed by atoms with Crippen molar-refractivity contribution < 1.29 is 19.1 Å². The molecule has 1 amide bonds. The summed E-state index contributed by atoms with van der Waals surface area (Å²) in [5, 5.41) is 11.3. The Morgan fingerprint density at radius 3 is 2.78 bits per heavy atom. The second-order valence-electron chi connectivity index (χ2n) is 3.66. The van der Waals surface area contributed by atoms with Gasteiger partial charge in [0.2, 0.25) is 5.91 Å². The zero-order valence-corrected chi connectivity index (χ0v) is 11.4. The first-order valence-corrected chi connectivity index (χ1v) is 6.29. The van der Waals surface area contributed by atoms with Gasteiger partial charge in [-0.25, -0.2) is 4.79 Å². The molecule has 0 radical (unpaired) electrons. The summed E-state index contributed by atoms with van der Waals surface area (Å²) >= 11 is 3.14. The molecule has 0 aromatic carbocycles. The number of halogens is 1. The van der Waals surface area contributed by atoms with Crippen LogP contribution in [-0.4, -0.2) is 23.0 Å². The van der Waals surface area contributed by atoms with E-state index in [1.807, 2.05) is 6.92 Å². The first kappa shape index (κ1) is 14.5. The molecular formula is C12H14BrNO4. The number of carbonyl (C=O) groups is 2. The van der Waals surface area contributed by atoms with Gasteiger partial charge < -0.3 is 14.8 Å². The van der Waals surface area contributed by atoms with Gasteiger partial charge in [0.05, 0.1) is 0 Å². The molecule has 0 aliphatic rings. The number of carbonyl (C=O) groups excluding carboxylic acids is 1.